The van der Waals surface area contributed by atoms with E-state index in [2.05, 4.69) is 31.2 Å². The zero-order valence-corrected chi connectivity index (χ0v) is 14.6. The van der Waals surface area contributed by atoms with Crippen LogP contribution < -0.4 is 0 Å². The van der Waals surface area contributed by atoms with Crippen molar-refractivity contribution >= 4 is 5.97 Å². The quantitative estimate of drug-likeness (QED) is 0.255. The van der Waals surface area contributed by atoms with E-state index < -0.39 is 5.97 Å². The average molecular weight is 309 g/mol. The first-order valence-electron chi connectivity index (χ1n) is 9.29. The van der Waals surface area contributed by atoms with Crippen LogP contribution in [0, 0.1) is 0 Å². The lowest BCUT2D eigenvalue weighted by atomic mass is 10.1. The van der Waals surface area contributed by atoms with Crippen LogP contribution in [0.4, 0.5) is 0 Å². The van der Waals surface area contributed by atoms with Crippen LogP contribution in [-0.2, 0) is 4.79 Å². The SMILES string of the molecule is CCCCCC/C=C\CCCCCC/C=C\CCCC(=O)O. The van der Waals surface area contributed by atoms with E-state index in [9.17, 15) is 4.79 Å². The average Bonchev–Trinajstić information content (AvgIpc) is 2.50. The molecule has 2 heteroatoms. The Kier molecular flexibility index (Phi) is 17.1. The standard InChI is InChI=1S/C20H36O2/c1-2-3-4-5-6-7-8-9-10-11-12-13-14-15-16-17-18-19-20(21)22/h7-8,15-16H,2-6,9-14,17-19H2,1H3,(H,21,22)/b8-7-,16-15-. The van der Waals surface area contributed by atoms with E-state index in [0.717, 1.165) is 19.3 Å². The van der Waals surface area contributed by atoms with Crippen LogP contribution in [0.3, 0.4) is 0 Å². The Labute approximate surface area is 137 Å². The maximum atomic E-state index is 10.3. The Balaban J connectivity index is 3.15. The van der Waals surface area contributed by atoms with Gasteiger partial charge in [-0.3, -0.25) is 4.79 Å². The van der Waals surface area contributed by atoms with Crippen molar-refractivity contribution in [3.05, 3.63) is 24.3 Å². The fourth-order valence-corrected chi connectivity index (χ4v) is 2.41. The molecule has 2 nitrogen and oxygen atoms in total. The maximum Gasteiger partial charge on any atom is 0.303 e. The Bertz CT molecular complexity index is 292. The zero-order valence-electron chi connectivity index (χ0n) is 14.6. The molecule has 0 rings (SSSR count). The second-order valence-corrected chi connectivity index (χ2v) is 6.07. The number of hydrogen-bond acceptors (Lipinski definition) is 1. The molecule has 0 saturated carbocycles. The van der Waals surface area contributed by atoms with Crippen molar-refractivity contribution in [2.45, 2.75) is 96.8 Å². The van der Waals surface area contributed by atoms with Gasteiger partial charge in [0.25, 0.3) is 0 Å². The van der Waals surface area contributed by atoms with Gasteiger partial charge >= 0.3 is 5.97 Å². The molecule has 0 amide bonds. The highest BCUT2D eigenvalue weighted by atomic mass is 16.4. The molecule has 0 aromatic rings. The van der Waals surface area contributed by atoms with Gasteiger partial charge in [-0.1, -0.05) is 63.3 Å². The third kappa shape index (κ3) is 18.9. The van der Waals surface area contributed by atoms with Gasteiger partial charge < -0.3 is 5.11 Å². The molecule has 0 aliphatic carbocycles. The fraction of sp³-hybridized carbons (Fsp3) is 0.750. The summed E-state index contributed by atoms with van der Waals surface area (Å²) < 4.78 is 0. The summed E-state index contributed by atoms with van der Waals surface area (Å²) in [7, 11) is 0. The van der Waals surface area contributed by atoms with Gasteiger partial charge in [0, 0.05) is 6.42 Å². The zero-order chi connectivity index (χ0) is 16.3. The number of hydrogen-bond donors (Lipinski definition) is 1. The number of unbranched alkanes of at least 4 members (excludes halogenated alkanes) is 10. The molecule has 0 fully saturated rings. The minimum Gasteiger partial charge on any atom is -0.481 e. The minimum absolute atomic E-state index is 0.288. The summed E-state index contributed by atoms with van der Waals surface area (Å²) in [6, 6.07) is 0. The van der Waals surface area contributed by atoms with Crippen molar-refractivity contribution in [3.63, 3.8) is 0 Å². The number of aliphatic carboxylic acids is 1. The lowest BCUT2D eigenvalue weighted by Gasteiger charge is -1.98. The molecule has 0 aromatic carbocycles. The molecule has 0 heterocycles. The summed E-state index contributed by atoms with van der Waals surface area (Å²) in [6.07, 6.45) is 25.3. The smallest absolute Gasteiger partial charge is 0.303 e. The van der Waals surface area contributed by atoms with E-state index in [1.807, 2.05) is 0 Å². The van der Waals surface area contributed by atoms with Gasteiger partial charge in [0.2, 0.25) is 0 Å². The molecule has 0 aromatic heterocycles. The summed E-state index contributed by atoms with van der Waals surface area (Å²) in [5.41, 5.74) is 0. The van der Waals surface area contributed by atoms with E-state index in [-0.39, 0.29) is 6.42 Å². The third-order valence-corrected chi connectivity index (χ3v) is 3.81. The van der Waals surface area contributed by atoms with Crippen molar-refractivity contribution in [1.29, 1.82) is 0 Å². The predicted molar refractivity (Wildman–Crippen MR) is 96.2 cm³/mol. The molecule has 0 saturated heterocycles. The Morgan fingerprint density at radius 1 is 0.682 bits per heavy atom. The van der Waals surface area contributed by atoms with E-state index in [0.29, 0.717) is 0 Å². The lowest BCUT2D eigenvalue weighted by molar-refractivity contribution is -0.137. The highest BCUT2D eigenvalue weighted by Crippen LogP contribution is 2.08. The van der Waals surface area contributed by atoms with E-state index in [4.69, 9.17) is 5.11 Å². The van der Waals surface area contributed by atoms with Crippen molar-refractivity contribution in [1.82, 2.24) is 0 Å². The molecule has 0 unspecified atom stereocenters. The highest BCUT2D eigenvalue weighted by molar-refractivity contribution is 5.66. The first-order valence-corrected chi connectivity index (χ1v) is 9.29. The van der Waals surface area contributed by atoms with Crippen LogP contribution >= 0.6 is 0 Å². The second-order valence-electron chi connectivity index (χ2n) is 6.07. The molecular weight excluding hydrogens is 272 g/mol. The Hall–Kier alpha value is -1.05. The van der Waals surface area contributed by atoms with Crippen LogP contribution in [0.15, 0.2) is 24.3 Å². The molecule has 0 aliphatic rings. The van der Waals surface area contributed by atoms with Crippen molar-refractivity contribution in [3.8, 4) is 0 Å². The van der Waals surface area contributed by atoms with Crippen molar-refractivity contribution in [2.75, 3.05) is 0 Å². The summed E-state index contributed by atoms with van der Waals surface area (Å²) in [5.74, 6) is -0.691. The van der Waals surface area contributed by atoms with Gasteiger partial charge in [-0.25, -0.2) is 0 Å². The van der Waals surface area contributed by atoms with Gasteiger partial charge in [-0.2, -0.15) is 0 Å². The summed E-state index contributed by atoms with van der Waals surface area (Å²) in [4.78, 5) is 10.3. The molecular formula is C20H36O2. The van der Waals surface area contributed by atoms with E-state index in [1.54, 1.807) is 0 Å². The number of allylic oxidation sites excluding steroid dienone is 4. The molecule has 1 N–H and O–H groups in total. The van der Waals surface area contributed by atoms with Crippen LogP contribution in [0.5, 0.6) is 0 Å². The number of carboxylic acids is 1. The van der Waals surface area contributed by atoms with Gasteiger partial charge in [-0.15, -0.1) is 0 Å². The van der Waals surface area contributed by atoms with Crippen molar-refractivity contribution in [2.24, 2.45) is 0 Å². The first-order chi connectivity index (χ1) is 10.8. The summed E-state index contributed by atoms with van der Waals surface area (Å²) >= 11 is 0. The van der Waals surface area contributed by atoms with Crippen LogP contribution in [0.2, 0.25) is 0 Å². The van der Waals surface area contributed by atoms with Gasteiger partial charge in [0.1, 0.15) is 0 Å². The molecule has 0 aliphatic heterocycles. The highest BCUT2D eigenvalue weighted by Gasteiger charge is 1.93. The Morgan fingerprint density at radius 3 is 1.50 bits per heavy atom. The monoisotopic (exact) mass is 308 g/mol. The molecule has 128 valence electrons. The second kappa shape index (κ2) is 18.0. The molecule has 0 atom stereocenters. The largest absolute Gasteiger partial charge is 0.481 e. The third-order valence-electron chi connectivity index (χ3n) is 3.81. The van der Waals surface area contributed by atoms with E-state index in [1.165, 1.54) is 64.2 Å². The normalized spacial score (nSPS) is 11.7. The molecule has 0 spiro atoms. The first kappa shape index (κ1) is 20.9. The summed E-state index contributed by atoms with van der Waals surface area (Å²) in [5, 5.41) is 8.51. The fourth-order valence-electron chi connectivity index (χ4n) is 2.41. The molecule has 22 heavy (non-hydrogen) atoms. The molecule has 0 radical (unpaired) electrons. The topological polar surface area (TPSA) is 37.3 Å². The van der Waals surface area contributed by atoms with Gasteiger partial charge in [0.05, 0.1) is 0 Å². The van der Waals surface area contributed by atoms with Gasteiger partial charge in [-0.05, 0) is 51.4 Å². The van der Waals surface area contributed by atoms with Crippen LogP contribution in [0.1, 0.15) is 96.8 Å². The van der Waals surface area contributed by atoms with Crippen LogP contribution in [0.25, 0.3) is 0 Å². The van der Waals surface area contributed by atoms with Gasteiger partial charge in [0.15, 0.2) is 0 Å². The predicted octanol–water partition coefficient (Wildman–Crippen LogP) is 6.66. The number of rotatable bonds is 16. The Morgan fingerprint density at radius 2 is 1.09 bits per heavy atom. The lowest BCUT2D eigenvalue weighted by Crippen LogP contribution is -1.92. The summed E-state index contributed by atoms with van der Waals surface area (Å²) in [6.45, 7) is 2.26. The minimum atomic E-state index is -0.691. The van der Waals surface area contributed by atoms with Crippen LogP contribution in [-0.4, -0.2) is 11.1 Å². The number of carbonyl (C=O) groups is 1. The number of carboxylic acid groups (broad SMARTS) is 1. The van der Waals surface area contributed by atoms with E-state index >= 15 is 0 Å². The molecule has 0 bridgehead atoms. The maximum absolute atomic E-state index is 10.3. The van der Waals surface area contributed by atoms with Crippen molar-refractivity contribution < 1.29 is 9.90 Å².